The number of fused-ring (bicyclic) bond motifs is 1. The Bertz CT molecular complexity index is 926. The van der Waals surface area contributed by atoms with Crippen molar-refractivity contribution >= 4 is 23.2 Å². The standard InChI is InChI=1S/C21H21F5N2O2.C2H6/c1-4-6-15(12(5-2)11-20(3,22)23)19(30)27-14-9-13-7-8-17(29)28-18(13)16(10-14)21(24,25)26;1-2/h4-6,9-10H,2,7-8,11H2,1,3H3,(H,27,30)(H,28,29);1-2H3/b6-4-,15-12-;. The fourth-order valence-electron chi connectivity index (χ4n) is 3.10. The van der Waals surface area contributed by atoms with Gasteiger partial charge in [0.1, 0.15) is 0 Å². The summed E-state index contributed by atoms with van der Waals surface area (Å²) in [4.78, 5) is 24.2. The number of rotatable bonds is 6. The van der Waals surface area contributed by atoms with Crippen LogP contribution in [0.25, 0.3) is 0 Å². The highest BCUT2D eigenvalue weighted by Gasteiger charge is 2.37. The van der Waals surface area contributed by atoms with E-state index >= 15 is 0 Å². The Morgan fingerprint density at radius 2 is 1.81 bits per heavy atom. The Morgan fingerprint density at radius 3 is 2.31 bits per heavy atom. The van der Waals surface area contributed by atoms with Crippen LogP contribution >= 0.6 is 0 Å². The van der Waals surface area contributed by atoms with Crippen LogP contribution in [0.3, 0.4) is 0 Å². The first kappa shape index (κ1) is 27.1. The molecule has 0 fully saturated rings. The number of allylic oxidation sites excluding steroid dienone is 3. The molecule has 0 saturated heterocycles. The zero-order valence-electron chi connectivity index (χ0n) is 18.4. The second-order valence-electron chi connectivity index (χ2n) is 6.95. The summed E-state index contributed by atoms with van der Waals surface area (Å²) in [6.45, 7) is 9.72. The van der Waals surface area contributed by atoms with Crippen LogP contribution in [-0.2, 0) is 22.2 Å². The molecule has 2 rings (SSSR count). The maximum atomic E-state index is 13.5. The molecule has 0 saturated carbocycles. The van der Waals surface area contributed by atoms with Gasteiger partial charge in [-0.3, -0.25) is 9.59 Å². The lowest BCUT2D eigenvalue weighted by molar-refractivity contribution is -0.137. The lowest BCUT2D eigenvalue weighted by atomic mass is 9.97. The van der Waals surface area contributed by atoms with E-state index in [-0.39, 0.29) is 40.9 Å². The fraction of sp³-hybridized carbons (Fsp3) is 0.391. The molecule has 1 aromatic carbocycles. The van der Waals surface area contributed by atoms with Crippen molar-refractivity contribution < 1.29 is 31.5 Å². The van der Waals surface area contributed by atoms with Gasteiger partial charge in [-0.25, -0.2) is 8.78 Å². The predicted molar refractivity (Wildman–Crippen MR) is 116 cm³/mol. The van der Waals surface area contributed by atoms with Crippen LogP contribution in [0, 0.1) is 0 Å². The highest BCUT2D eigenvalue weighted by molar-refractivity contribution is 6.07. The van der Waals surface area contributed by atoms with Crippen LogP contribution in [0.1, 0.15) is 51.7 Å². The fourth-order valence-corrected chi connectivity index (χ4v) is 3.10. The SMILES string of the molecule is C=C/C(CC(C)(F)F)=C(\C=C/C)C(=O)Nc1cc2c(c(C(F)(F)F)c1)NC(=O)CC2.CC. The first-order chi connectivity index (χ1) is 14.9. The van der Waals surface area contributed by atoms with E-state index in [1.54, 1.807) is 6.92 Å². The molecule has 0 aromatic heterocycles. The maximum absolute atomic E-state index is 13.5. The number of benzene rings is 1. The summed E-state index contributed by atoms with van der Waals surface area (Å²) in [6.07, 6.45) is -1.57. The van der Waals surface area contributed by atoms with E-state index in [0.29, 0.717) is 13.0 Å². The molecule has 1 heterocycles. The van der Waals surface area contributed by atoms with Gasteiger partial charge in [-0.05, 0) is 43.5 Å². The van der Waals surface area contributed by atoms with Gasteiger partial charge in [-0.1, -0.05) is 38.7 Å². The van der Waals surface area contributed by atoms with E-state index < -0.39 is 35.9 Å². The molecule has 4 nitrogen and oxygen atoms in total. The van der Waals surface area contributed by atoms with Crippen molar-refractivity contribution in [3.05, 3.63) is 59.2 Å². The quantitative estimate of drug-likeness (QED) is 0.285. The molecule has 1 aliphatic rings. The van der Waals surface area contributed by atoms with Crippen molar-refractivity contribution in [2.45, 2.75) is 59.1 Å². The molecular formula is C23H27F5N2O2. The number of aryl methyl sites for hydroxylation is 1. The maximum Gasteiger partial charge on any atom is 0.418 e. The summed E-state index contributed by atoms with van der Waals surface area (Å²) in [5.74, 6) is -4.48. The summed E-state index contributed by atoms with van der Waals surface area (Å²) in [5, 5.41) is 4.57. The highest BCUT2D eigenvalue weighted by Crippen LogP contribution is 2.40. The van der Waals surface area contributed by atoms with Gasteiger partial charge < -0.3 is 10.6 Å². The Hall–Kier alpha value is -2.97. The molecule has 0 unspecified atom stereocenters. The number of hydrogen-bond donors (Lipinski definition) is 2. The molecule has 2 amide bonds. The van der Waals surface area contributed by atoms with Crippen LogP contribution in [-0.4, -0.2) is 17.7 Å². The minimum atomic E-state index is -4.77. The second kappa shape index (κ2) is 11.1. The van der Waals surface area contributed by atoms with E-state index in [2.05, 4.69) is 17.2 Å². The summed E-state index contributed by atoms with van der Waals surface area (Å²) in [7, 11) is 0. The van der Waals surface area contributed by atoms with Crippen LogP contribution in [0.5, 0.6) is 0 Å². The van der Waals surface area contributed by atoms with Crippen LogP contribution in [0.15, 0.2) is 48.1 Å². The number of nitrogens with one attached hydrogen (secondary N) is 2. The molecule has 176 valence electrons. The molecule has 2 N–H and O–H groups in total. The smallest absolute Gasteiger partial charge is 0.325 e. The van der Waals surface area contributed by atoms with Gasteiger partial charge >= 0.3 is 6.18 Å². The van der Waals surface area contributed by atoms with Crippen LogP contribution < -0.4 is 10.6 Å². The number of anilines is 2. The minimum Gasteiger partial charge on any atom is -0.325 e. The molecule has 0 atom stereocenters. The van der Waals surface area contributed by atoms with Crippen LogP contribution in [0.2, 0.25) is 0 Å². The van der Waals surface area contributed by atoms with Gasteiger partial charge in [-0.15, -0.1) is 0 Å². The molecule has 0 radical (unpaired) electrons. The van der Waals surface area contributed by atoms with E-state index in [1.165, 1.54) is 18.2 Å². The minimum absolute atomic E-state index is 0.0115. The Kier molecular flexibility index (Phi) is 9.35. The third-order valence-electron chi connectivity index (χ3n) is 4.34. The number of carbonyl (C=O) groups excluding carboxylic acids is 2. The van der Waals surface area contributed by atoms with Gasteiger partial charge in [0, 0.05) is 24.1 Å². The summed E-state index contributed by atoms with van der Waals surface area (Å²) < 4.78 is 67.4. The number of alkyl halides is 5. The number of halogens is 5. The molecule has 0 bridgehead atoms. The number of amides is 2. The molecule has 1 aromatic rings. The predicted octanol–water partition coefficient (Wildman–Crippen LogP) is 6.66. The van der Waals surface area contributed by atoms with Gasteiger partial charge in [0.25, 0.3) is 5.91 Å². The van der Waals surface area contributed by atoms with Gasteiger partial charge in [0.05, 0.1) is 11.3 Å². The van der Waals surface area contributed by atoms with Crippen molar-refractivity contribution in [1.82, 2.24) is 0 Å². The molecular weight excluding hydrogens is 431 g/mol. The first-order valence-corrected chi connectivity index (χ1v) is 10.1. The van der Waals surface area contributed by atoms with Crippen LogP contribution in [0.4, 0.5) is 33.3 Å². The number of carbonyl (C=O) groups is 2. The molecule has 32 heavy (non-hydrogen) atoms. The van der Waals surface area contributed by atoms with Gasteiger partial charge in [-0.2, -0.15) is 13.2 Å². The topological polar surface area (TPSA) is 58.2 Å². The molecule has 0 aliphatic carbocycles. The Labute approximate surface area is 184 Å². The number of hydrogen-bond acceptors (Lipinski definition) is 2. The summed E-state index contributed by atoms with van der Waals surface area (Å²) in [6, 6.07) is 2.04. The van der Waals surface area contributed by atoms with Crippen molar-refractivity contribution in [1.29, 1.82) is 0 Å². The highest BCUT2D eigenvalue weighted by atomic mass is 19.4. The second-order valence-corrected chi connectivity index (χ2v) is 6.95. The van der Waals surface area contributed by atoms with Crippen molar-refractivity contribution in [3.8, 4) is 0 Å². The van der Waals surface area contributed by atoms with E-state index in [0.717, 1.165) is 6.08 Å². The third kappa shape index (κ3) is 7.32. The summed E-state index contributed by atoms with van der Waals surface area (Å²) >= 11 is 0. The van der Waals surface area contributed by atoms with E-state index in [4.69, 9.17) is 0 Å². The monoisotopic (exact) mass is 458 g/mol. The molecule has 0 spiro atoms. The van der Waals surface area contributed by atoms with Crippen molar-refractivity contribution in [2.75, 3.05) is 10.6 Å². The Balaban J connectivity index is 0.00000249. The third-order valence-corrected chi connectivity index (χ3v) is 4.34. The Morgan fingerprint density at radius 1 is 1.19 bits per heavy atom. The average molecular weight is 458 g/mol. The average Bonchev–Trinajstić information content (AvgIpc) is 2.70. The zero-order chi connectivity index (χ0) is 24.7. The normalized spacial score (nSPS) is 14.6. The summed E-state index contributed by atoms with van der Waals surface area (Å²) in [5.41, 5.74) is -1.54. The largest absolute Gasteiger partial charge is 0.418 e. The molecule has 1 aliphatic heterocycles. The van der Waals surface area contributed by atoms with Gasteiger partial charge in [0.15, 0.2) is 0 Å². The van der Waals surface area contributed by atoms with E-state index in [1.807, 2.05) is 13.8 Å². The zero-order valence-corrected chi connectivity index (χ0v) is 18.4. The van der Waals surface area contributed by atoms with Crippen molar-refractivity contribution in [3.63, 3.8) is 0 Å². The lowest BCUT2D eigenvalue weighted by Crippen LogP contribution is -2.24. The van der Waals surface area contributed by atoms with Crippen molar-refractivity contribution in [2.24, 2.45) is 0 Å². The van der Waals surface area contributed by atoms with Gasteiger partial charge in [0.2, 0.25) is 11.8 Å². The molecule has 9 heteroatoms. The first-order valence-electron chi connectivity index (χ1n) is 10.1. The lowest BCUT2D eigenvalue weighted by Gasteiger charge is -2.23. The van der Waals surface area contributed by atoms with E-state index in [9.17, 15) is 31.5 Å².